The van der Waals surface area contributed by atoms with Crippen molar-refractivity contribution in [1.29, 1.82) is 0 Å². The Kier molecular flexibility index (Phi) is 11.5. The van der Waals surface area contributed by atoms with E-state index in [-0.39, 0.29) is 13.0 Å². The number of carboxylic acids is 1. The number of aromatic amines is 1. The van der Waals surface area contributed by atoms with Gasteiger partial charge in [0.05, 0.1) is 6.42 Å². The van der Waals surface area contributed by atoms with Crippen molar-refractivity contribution in [3.05, 3.63) is 71.9 Å². The lowest BCUT2D eigenvalue weighted by Gasteiger charge is -2.26. The van der Waals surface area contributed by atoms with Crippen LogP contribution in [0.3, 0.4) is 0 Å². The van der Waals surface area contributed by atoms with Gasteiger partial charge in [-0.25, -0.2) is 9.59 Å². The van der Waals surface area contributed by atoms with Crippen LogP contribution in [-0.4, -0.2) is 63.7 Å². The third kappa shape index (κ3) is 10.1. The zero-order valence-corrected chi connectivity index (χ0v) is 25.5. The number of carboxylic acid groups (broad SMARTS) is 1. The highest BCUT2D eigenvalue weighted by Gasteiger charge is 2.33. The van der Waals surface area contributed by atoms with Gasteiger partial charge in [-0.05, 0) is 43.9 Å². The predicted molar refractivity (Wildman–Crippen MR) is 162 cm³/mol. The molecule has 3 amide bonds. The van der Waals surface area contributed by atoms with Crippen LogP contribution in [-0.2, 0) is 41.7 Å². The van der Waals surface area contributed by atoms with Crippen LogP contribution in [0, 0.1) is 5.92 Å². The number of aromatic nitrogens is 1. The van der Waals surface area contributed by atoms with Crippen molar-refractivity contribution in [2.75, 3.05) is 0 Å². The Morgan fingerprint density at radius 1 is 0.864 bits per heavy atom. The molecule has 0 fully saturated rings. The number of aliphatic carboxylic acids is 1. The number of alkyl carbamates (subject to hydrolysis) is 1. The van der Waals surface area contributed by atoms with Gasteiger partial charge in [0.15, 0.2) is 0 Å². The summed E-state index contributed by atoms with van der Waals surface area (Å²) < 4.78 is 10.6. The molecular formula is C32H40N4O8. The zero-order valence-electron chi connectivity index (χ0n) is 25.5. The summed E-state index contributed by atoms with van der Waals surface area (Å²) in [4.78, 5) is 67.4. The number of ether oxygens (including phenoxy) is 2. The molecule has 12 nitrogen and oxygen atoms in total. The van der Waals surface area contributed by atoms with Crippen molar-refractivity contribution in [2.24, 2.45) is 5.92 Å². The Morgan fingerprint density at radius 2 is 1.50 bits per heavy atom. The van der Waals surface area contributed by atoms with Crippen LogP contribution in [0.2, 0.25) is 0 Å². The van der Waals surface area contributed by atoms with Gasteiger partial charge < -0.3 is 35.5 Å². The van der Waals surface area contributed by atoms with E-state index in [0.29, 0.717) is 11.1 Å². The molecule has 3 rings (SSSR count). The molecule has 1 unspecified atom stereocenters. The highest BCUT2D eigenvalue weighted by atomic mass is 16.6. The normalized spacial score (nSPS) is 13.4. The summed E-state index contributed by atoms with van der Waals surface area (Å²) in [6, 6.07) is 12.3. The molecule has 0 aliphatic rings. The molecule has 1 aromatic heterocycles. The van der Waals surface area contributed by atoms with Gasteiger partial charge in [-0.3, -0.25) is 14.4 Å². The number of hydrogen-bond acceptors (Lipinski definition) is 7. The van der Waals surface area contributed by atoms with Crippen LogP contribution >= 0.6 is 0 Å². The van der Waals surface area contributed by atoms with E-state index >= 15 is 0 Å². The van der Waals surface area contributed by atoms with Crippen LogP contribution in [0.25, 0.3) is 10.9 Å². The maximum atomic E-state index is 13.6. The van der Waals surface area contributed by atoms with Crippen LogP contribution < -0.4 is 16.0 Å². The fourth-order valence-electron chi connectivity index (χ4n) is 4.44. The molecule has 0 spiro atoms. The number of amides is 3. The summed E-state index contributed by atoms with van der Waals surface area (Å²) in [6.07, 6.45) is 0.185. The minimum absolute atomic E-state index is 0.0103. The fraction of sp³-hybridized carbons (Fsp3) is 0.406. The number of esters is 1. The number of benzene rings is 2. The first-order chi connectivity index (χ1) is 20.7. The maximum absolute atomic E-state index is 13.6. The number of nitrogens with one attached hydrogen (secondary N) is 4. The molecule has 3 atom stereocenters. The standard InChI is InChI=1S/C32H40N4O8/c1-19(2)27(30(40)41)36-29(39)24(15-21-17-33-23-14-10-9-13-22(21)23)34-28(38)25(16-26(37)44-32(3,4)5)35-31(42)43-18-20-11-7-6-8-12-20/h6-14,17,19,24-25,27,33H,15-16,18H2,1-5H3,(H,34,38)(H,35,42)(H,36,39)(H,40,41)/t24?,25-,27-/m0/s1. The number of carbonyl (C=O) groups is 5. The number of hydrogen-bond donors (Lipinski definition) is 5. The van der Waals surface area contributed by atoms with Gasteiger partial charge >= 0.3 is 18.0 Å². The van der Waals surface area contributed by atoms with Crippen molar-refractivity contribution >= 4 is 40.7 Å². The SMILES string of the molecule is CC(C)[C@H](NC(=O)C(Cc1c[nH]c2ccccc12)NC(=O)[C@H](CC(=O)OC(C)(C)C)NC(=O)OCc1ccccc1)C(=O)O. The van der Waals surface area contributed by atoms with E-state index in [4.69, 9.17) is 9.47 Å². The first-order valence-electron chi connectivity index (χ1n) is 14.3. The van der Waals surface area contributed by atoms with Gasteiger partial charge in [-0.15, -0.1) is 0 Å². The van der Waals surface area contributed by atoms with Crippen molar-refractivity contribution in [3.8, 4) is 0 Å². The van der Waals surface area contributed by atoms with Crippen molar-refractivity contribution in [2.45, 2.75) is 77.8 Å². The van der Waals surface area contributed by atoms with Crippen molar-refractivity contribution < 1.29 is 38.6 Å². The van der Waals surface area contributed by atoms with Crippen LogP contribution in [0.4, 0.5) is 4.79 Å². The van der Waals surface area contributed by atoms with Gasteiger partial charge in [0.25, 0.3) is 0 Å². The predicted octanol–water partition coefficient (Wildman–Crippen LogP) is 3.45. The summed E-state index contributed by atoms with van der Waals surface area (Å²) >= 11 is 0. The second-order valence-corrected chi connectivity index (χ2v) is 11.7. The average molecular weight is 609 g/mol. The molecule has 1 heterocycles. The van der Waals surface area contributed by atoms with E-state index in [1.807, 2.05) is 30.3 Å². The van der Waals surface area contributed by atoms with E-state index in [9.17, 15) is 29.1 Å². The van der Waals surface area contributed by atoms with Gasteiger partial charge in [0, 0.05) is 23.5 Å². The number of fused-ring (bicyclic) bond motifs is 1. The molecule has 3 aromatic rings. The van der Waals surface area contributed by atoms with Crippen LogP contribution in [0.5, 0.6) is 0 Å². The quantitative estimate of drug-likeness (QED) is 0.183. The minimum Gasteiger partial charge on any atom is -0.480 e. The molecule has 44 heavy (non-hydrogen) atoms. The Labute approximate surface area is 255 Å². The van der Waals surface area contributed by atoms with Gasteiger partial charge in [0.1, 0.15) is 30.3 Å². The fourth-order valence-corrected chi connectivity index (χ4v) is 4.44. The second kappa shape index (κ2) is 15.0. The molecule has 0 aliphatic carbocycles. The molecule has 5 N–H and O–H groups in total. The minimum atomic E-state index is -1.47. The van der Waals surface area contributed by atoms with Crippen LogP contribution in [0.1, 0.15) is 52.2 Å². The monoisotopic (exact) mass is 608 g/mol. The highest BCUT2D eigenvalue weighted by Crippen LogP contribution is 2.20. The molecule has 12 heteroatoms. The Hall–Kier alpha value is -4.87. The zero-order chi connectivity index (χ0) is 32.4. The molecular weight excluding hydrogens is 568 g/mol. The third-order valence-corrected chi connectivity index (χ3v) is 6.57. The summed E-state index contributed by atoms with van der Waals surface area (Å²) in [5.41, 5.74) is 1.36. The number of H-pyrrole nitrogens is 1. The summed E-state index contributed by atoms with van der Waals surface area (Å²) in [5, 5.41) is 18.0. The summed E-state index contributed by atoms with van der Waals surface area (Å²) in [5.74, 6) is -4.03. The first-order valence-corrected chi connectivity index (χ1v) is 14.3. The number of rotatable bonds is 13. The molecule has 0 bridgehead atoms. The van der Waals surface area contributed by atoms with E-state index in [2.05, 4.69) is 20.9 Å². The molecule has 2 aromatic carbocycles. The average Bonchev–Trinajstić information content (AvgIpc) is 3.35. The van der Waals surface area contributed by atoms with Gasteiger partial charge in [-0.2, -0.15) is 0 Å². The van der Waals surface area contributed by atoms with E-state index < -0.39 is 65.9 Å². The lowest BCUT2D eigenvalue weighted by molar-refractivity contribution is -0.156. The number of para-hydroxylation sites is 1. The lowest BCUT2D eigenvalue weighted by atomic mass is 10.0. The van der Waals surface area contributed by atoms with E-state index in [1.165, 1.54) is 0 Å². The van der Waals surface area contributed by atoms with E-state index in [1.54, 1.807) is 65.1 Å². The Morgan fingerprint density at radius 3 is 2.14 bits per heavy atom. The molecule has 0 saturated heterocycles. The van der Waals surface area contributed by atoms with Crippen molar-refractivity contribution in [1.82, 2.24) is 20.9 Å². The number of carbonyl (C=O) groups excluding carboxylic acids is 4. The molecule has 0 saturated carbocycles. The van der Waals surface area contributed by atoms with Gasteiger partial charge in [0.2, 0.25) is 11.8 Å². The lowest BCUT2D eigenvalue weighted by Crippen LogP contribution is -2.57. The highest BCUT2D eigenvalue weighted by molar-refractivity contribution is 5.95. The Bertz CT molecular complexity index is 1460. The molecule has 236 valence electrons. The van der Waals surface area contributed by atoms with Crippen molar-refractivity contribution in [3.63, 3.8) is 0 Å². The largest absolute Gasteiger partial charge is 0.480 e. The maximum Gasteiger partial charge on any atom is 0.408 e. The molecule has 0 radical (unpaired) electrons. The second-order valence-electron chi connectivity index (χ2n) is 11.7. The topological polar surface area (TPSA) is 176 Å². The molecule has 0 aliphatic heterocycles. The Balaban J connectivity index is 1.85. The smallest absolute Gasteiger partial charge is 0.408 e. The van der Waals surface area contributed by atoms with E-state index in [0.717, 1.165) is 10.9 Å². The first kappa shape index (κ1) is 33.6. The summed E-state index contributed by atoms with van der Waals surface area (Å²) in [6.45, 7) is 8.21. The van der Waals surface area contributed by atoms with Gasteiger partial charge in [-0.1, -0.05) is 62.4 Å². The van der Waals surface area contributed by atoms with Crippen LogP contribution in [0.15, 0.2) is 60.8 Å². The summed E-state index contributed by atoms with van der Waals surface area (Å²) in [7, 11) is 0. The third-order valence-electron chi connectivity index (χ3n) is 6.57.